The lowest BCUT2D eigenvalue weighted by Gasteiger charge is -2.20. The zero-order valence-electron chi connectivity index (χ0n) is 12.6. The van der Waals surface area contributed by atoms with Crippen LogP contribution in [0.4, 0.5) is 11.4 Å². The maximum Gasteiger partial charge on any atom is 0.221 e. The number of nitrogens with one attached hydrogen (secondary N) is 2. The summed E-state index contributed by atoms with van der Waals surface area (Å²) in [4.78, 5) is 11.0. The summed E-state index contributed by atoms with van der Waals surface area (Å²) >= 11 is 5.93. The van der Waals surface area contributed by atoms with E-state index < -0.39 is 0 Å². The Morgan fingerprint density at radius 1 is 1.09 bits per heavy atom. The molecule has 116 valence electrons. The Bertz CT molecular complexity index is 612. The van der Waals surface area contributed by atoms with Crippen LogP contribution in [0.25, 0.3) is 0 Å². The summed E-state index contributed by atoms with van der Waals surface area (Å²) in [5.74, 6) is -0.0841. The Labute approximate surface area is 135 Å². The Hall–Kier alpha value is -2.04. The molecular weight excluding hydrogens is 300 g/mol. The van der Waals surface area contributed by atoms with Crippen LogP contribution in [-0.4, -0.2) is 19.6 Å². The average molecular weight is 319 g/mol. The minimum absolute atomic E-state index is 0.0221. The number of methoxy groups -OCH3 is 1. The van der Waals surface area contributed by atoms with Gasteiger partial charge in [0.1, 0.15) is 0 Å². The molecule has 0 aliphatic heterocycles. The average Bonchev–Trinajstić information content (AvgIpc) is 2.49. The maximum atomic E-state index is 11.0. The van der Waals surface area contributed by atoms with Gasteiger partial charge in [-0.15, -0.1) is 0 Å². The van der Waals surface area contributed by atoms with Crippen molar-refractivity contribution in [1.29, 1.82) is 0 Å². The van der Waals surface area contributed by atoms with E-state index in [0.717, 1.165) is 16.9 Å². The van der Waals surface area contributed by atoms with Gasteiger partial charge in [0.25, 0.3) is 0 Å². The fourth-order valence-electron chi connectivity index (χ4n) is 2.14. The van der Waals surface area contributed by atoms with Crippen molar-refractivity contribution in [3.8, 4) is 0 Å². The van der Waals surface area contributed by atoms with Gasteiger partial charge < -0.3 is 15.4 Å². The number of hydrogen-bond donors (Lipinski definition) is 2. The summed E-state index contributed by atoms with van der Waals surface area (Å²) in [5.41, 5.74) is 2.82. The van der Waals surface area contributed by atoms with E-state index in [1.165, 1.54) is 6.92 Å². The molecular formula is C17H19ClN2O2. The molecule has 0 aliphatic rings. The molecule has 2 N–H and O–H groups in total. The van der Waals surface area contributed by atoms with Gasteiger partial charge in [-0.2, -0.15) is 0 Å². The third kappa shape index (κ3) is 4.76. The fourth-order valence-corrected chi connectivity index (χ4v) is 2.26. The molecule has 0 heterocycles. The lowest BCUT2D eigenvalue weighted by atomic mass is 10.1. The first-order valence-electron chi connectivity index (χ1n) is 6.97. The second-order valence-corrected chi connectivity index (χ2v) is 5.40. The van der Waals surface area contributed by atoms with E-state index in [-0.39, 0.29) is 11.9 Å². The molecule has 0 radical (unpaired) electrons. The van der Waals surface area contributed by atoms with Crippen LogP contribution in [0.3, 0.4) is 0 Å². The van der Waals surface area contributed by atoms with Gasteiger partial charge in [-0.25, -0.2) is 0 Å². The number of hydrogen-bond acceptors (Lipinski definition) is 3. The van der Waals surface area contributed by atoms with Crippen LogP contribution >= 0.6 is 11.6 Å². The molecule has 0 fully saturated rings. The number of anilines is 2. The molecule has 4 nitrogen and oxygen atoms in total. The number of carbonyl (C=O) groups is 1. The van der Waals surface area contributed by atoms with Gasteiger partial charge in [0.05, 0.1) is 12.6 Å². The van der Waals surface area contributed by atoms with E-state index in [1.54, 1.807) is 7.11 Å². The van der Waals surface area contributed by atoms with Crippen LogP contribution in [0, 0.1) is 0 Å². The third-order valence-corrected chi connectivity index (χ3v) is 3.40. The second-order valence-electron chi connectivity index (χ2n) is 4.96. The highest BCUT2D eigenvalue weighted by molar-refractivity contribution is 6.30. The number of halogens is 1. The van der Waals surface area contributed by atoms with E-state index in [2.05, 4.69) is 10.6 Å². The number of ether oxygens (including phenoxy) is 1. The van der Waals surface area contributed by atoms with Crippen LogP contribution in [0.1, 0.15) is 18.5 Å². The Balaban J connectivity index is 2.10. The zero-order chi connectivity index (χ0) is 15.9. The summed E-state index contributed by atoms with van der Waals surface area (Å²) in [7, 11) is 1.67. The van der Waals surface area contributed by atoms with Crippen LogP contribution in [0.2, 0.25) is 5.02 Å². The Morgan fingerprint density at radius 2 is 1.68 bits per heavy atom. The van der Waals surface area contributed by atoms with Gasteiger partial charge >= 0.3 is 0 Å². The number of benzene rings is 2. The van der Waals surface area contributed by atoms with E-state index in [9.17, 15) is 4.79 Å². The second kappa shape index (κ2) is 7.82. The first-order valence-corrected chi connectivity index (χ1v) is 7.35. The van der Waals surface area contributed by atoms with Crippen LogP contribution in [-0.2, 0) is 9.53 Å². The van der Waals surface area contributed by atoms with Gasteiger partial charge in [-0.1, -0.05) is 23.7 Å². The first-order chi connectivity index (χ1) is 10.6. The Morgan fingerprint density at radius 3 is 2.23 bits per heavy atom. The predicted molar refractivity (Wildman–Crippen MR) is 90.4 cm³/mol. The van der Waals surface area contributed by atoms with Crippen molar-refractivity contribution in [2.75, 3.05) is 24.4 Å². The molecule has 0 bridgehead atoms. The van der Waals surface area contributed by atoms with Crippen molar-refractivity contribution in [2.45, 2.75) is 13.0 Å². The molecule has 0 aromatic heterocycles. The van der Waals surface area contributed by atoms with Crippen molar-refractivity contribution in [2.24, 2.45) is 0 Å². The molecule has 0 unspecified atom stereocenters. The summed E-state index contributed by atoms with van der Waals surface area (Å²) in [6.45, 7) is 2.02. The summed E-state index contributed by atoms with van der Waals surface area (Å²) in [6.07, 6.45) is 0. The normalized spacial score (nSPS) is 11.8. The highest BCUT2D eigenvalue weighted by Gasteiger charge is 2.11. The Kier molecular flexibility index (Phi) is 5.81. The molecule has 5 heteroatoms. The predicted octanol–water partition coefficient (Wildman–Crippen LogP) is 4.10. The van der Waals surface area contributed by atoms with Crippen LogP contribution < -0.4 is 10.6 Å². The van der Waals surface area contributed by atoms with Crippen molar-refractivity contribution in [3.05, 3.63) is 59.1 Å². The molecule has 22 heavy (non-hydrogen) atoms. The monoisotopic (exact) mass is 318 g/mol. The van der Waals surface area contributed by atoms with Gasteiger partial charge in [0.2, 0.25) is 5.91 Å². The van der Waals surface area contributed by atoms with E-state index in [1.807, 2.05) is 48.5 Å². The standard InChI is InChI=1S/C17H19ClN2O2/c1-12(21)19-15-7-9-16(10-8-15)20-17(11-22-2)13-3-5-14(18)6-4-13/h3-10,17,20H,11H2,1-2H3,(H,19,21)/t17-/m0/s1. The third-order valence-electron chi connectivity index (χ3n) is 3.15. The van der Waals surface area contributed by atoms with Gasteiger partial charge in [-0.05, 0) is 42.0 Å². The zero-order valence-corrected chi connectivity index (χ0v) is 13.4. The van der Waals surface area contributed by atoms with Gasteiger partial charge in [-0.3, -0.25) is 4.79 Å². The molecule has 0 aliphatic carbocycles. The van der Waals surface area contributed by atoms with Crippen LogP contribution in [0.5, 0.6) is 0 Å². The maximum absolute atomic E-state index is 11.0. The van der Waals surface area contributed by atoms with E-state index in [4.69, 9.17) is 16.3 Å². The molecule has 1 atom stereocenters. The number of rotatable bonds is 6. The largest absolute Gasteiger partial charge is 0.382 e. The minimum Gasteiger partial charge on any atom is -0.382 e. The molecule has 2 aromatic rings. The van der Waals surface area contributed by atoms with E-state index in [0.29, 0.717) is 11.6 Å². The van der Waals surface area contributed by atoms with Crippen molar-refractivity contribution in [1.82, 2.24) is 0 Å². The first kappa shape index (κ1) is 16.3. The van der Waals surface area contributed by atoms with Crippen molar-refractivity contribution < 1.29 is 9.53 Å². The highest BCUT2D eigenvalue weighted by atomic mass is 35.5. The van der Waals surface area contributed by atoms with Gasteiger partial charge in [0.15, 0.2) is 0 Å². The fraction of sp³-hybridized carbons (Fsp3) is 0.235. The smallest absolute Gasteiger partial charge is 0.221 e. The molecule has 2 rings (SSSR count). The van der Waals surface area contributed by atoms with Gasteiger partial charge in [0, 0.05) is 30.4 Å². The molecule has 0 saturated heterocycles. The van der Waals surface area contributed by atoms with Crippen molar-refractivity contribution >= 4 is 28.9 Å². The summed E-state index contributed by atoms with van der Waals surface area (Å²) in [6, 6.07) is 15.3. The SMILES string of the molecule is COC[C@H](Nc1ccc(NC(C)=O)cc1)c1ccc(Cl)cc1. The molecule has 0 saturated carbocycles. The molecule has 0 spiro atoms. The minimum atomic E-state index is -0.0841. The summed E-state index contributed by atoms with van der Waals surface area (Å²) < 4.78 is 5.28. The molecule has 2 aromatic carbocycles. The van der Waals surface area contributed by atoms with Crippen molar-refractivity contribution in [3.63, 3.8) is 0 Å². The van der Waals surface area contributed by atoms with Crippen LogP contribution in [0.15, 0.2) is 48.5 Å². The van der Waals surface area contributed by atoms with E-state index >= 15 is 0 Å². The highest BCUT2D eigenvalue weighted by Crippen LogP contribution is 2.23. The number of carbonyl (C=O) groups excluding carboxylic acids is 1. The summed E-state index contributed by atoms with van der Waals surface area (Å²) in [5, 5.41) is 6.87. The number of amides is 1. The topological polar surface area (TPSA) is 50.4 Å². The lowest BCUT2D eigenvalue weighted by Crippen LogP contribution is -2.16. The quantitative estimate of drug-likeness (QED) is 0.843. The lowest BCUT2D eigenvalue weighted by molar-refractivity contribution is -0.114. The molecule has 1 amide bonds.